The molecule has 1 aromatic carbocycles. The van der Waals surface area contributed by atoms with Crippen molar-refractivity contribution in [1.29, 1.82) is 0 Å². The van der Waals surface area contributed by atoms with Crippen LogP contribution in [0.25, 0.3) is 0 Å². The molecule has 0 atom stereocenters. The molecule has 2 N–H and O–H groups in total. The number of primary sulfonamides is 1. The van der Waals surface area contributed by atoms with E-state index in [4.69, 9.17) is 16.7 Å². The SMILES string of the molecule is CC(C)(C)C1CN(C(=O)c2ccc(Cl)c(S(N)(=O)=O)c2)C1. The lowest BCUT2D eigenvalue weighted by molar-refractivity contribution is 0.0210. The van der Waals surface area contributed by atoms with Crippen LogP contribution in [0.1, 0.15) is 31.1 Å². The number of sulfonamides is 1. The molecular weight excluding hydrogens is 312 g/mol. The summed E-state index contributed by atoms with van der Waals surface area (Å²) in [5, 5.41) is 5.11. The van der Waals surface area contributed by atoms with Gasteiger partial charge in [-0.25, -0.2) is 13.6 Å². The normalized spacial score (nSPS) is 16.7. The van der Waals surface area contributed by atoms with Gasteiger partial charge in [0.2, 0.25) is 10.0 Å². The Bertz CT molecular complexity index is 674. The third-order valence-electron chi connectivity index (χ3n) is 3.88. The summed E-state index contributed by atoms with van der Waals surface area (Å²) in [7, 11) is -3.94. The van der Waals surface area contributed by atoms with Crippen molar-refractivity contribution in [2.75, 3.05) is 13.1 Å². The van der Waals surface area contributed by atoms with E-state index >= 15 is 0 Å². The summed E-state index contributed by atoms with van der Waals surface area (Å²) in [4.78, 5) is 13.8. The number of hydrogen-bond donors (Lipinski definition) is 1. The second-order valence-electron chi connectivity index (χ2n) is 6.46. The van der Waals surface area contributed by atoms with Gasteiger partial charge in [-0.05, 0) is 29.5 Å². The maximum absolute atomic E-state index is 12.3. The van der Waals surface area contributed by atoms with Crippen LogP contribution in [-0.4, -0.2) is 32.3 Å². The lowest BCUT2D eigenvalue weighted by atomic mass is 9.76. The van der Waals surface area contributed by atoms with Crippen LogP contribution in [0, 0.1) is 11.3 Å². The Labute approximate surface area is 130 Å². The summed E-state index contributed by atoms with van der Waals surface area (Å²) in [5.74, 6) is 0.253. The average molecular weight is 331 g/mol. The summed E-state index contributed by atoms with van der Waals surface area (Å²) >= 11 is 5.81. The average Bonchev–Trinajstić information content (AvgIpc) is 2.23. The number of likely N-dealkylation sites (tertiary alicyclic amines) is 1. The summed E-state index contributed by atoms with van der Waals surface area (Å²) < 4.78 is 22.9. The van der Waals surface area contributed by atoms with Crippen molar-refractivity contribution in [3.05, 3.63) is 28.8 Å². The number of rotatable bonds is 2. The monoisotopic (exact) mass is 330 g/mol. The van der Waals surface area contributed by atoms with E-state index in [0.717, 1.165) is 0 Å². The largest absolute Gasteiger partial charge is 0.338 e. The maximum atomic E-state index is 12.3. The smallest absolute Gasteiger partial charge is 0.253 e. The maximum Gasteiger partial charge on any atom is 0.253 e. The molecule has 7 heteroatoms. The van der Waals surface area contributed by atoms with Gasteiger partial charge in [-0.3, -0.25) is 4.79 Å². The van der Waals surface area contributed by atoms with Crippen LogP contribution in [-0.2, 0) is 10.0 Å². The number of carbonyl (C=O) groups excluding carboxylic acids is 1. The van der Waals surface area contributed by atoms with E-state index in [1.165, 1.54) is 18.2 Å². The van der Waals surface area contributed by atoms with Crippen LogP contribution in [0.15, 0.2) is 23.1 Å². The number of hydrogen-bond acceptors (Lipinski definition) is 3. The molecule has 2 rings (SSSR count). The van der Waals surface area contributed by atoms with Gasteiger partial charge in [0.25, 0.3) is 5.91 Å². The van der Waals surface area contributed by atoms with Gasteiger partial charge in [-0.1, -0.05) is 32.4 Å². The van der Waals surface area contributed by atoms with E-state index in [0.29, 0.717) is 19.0 Å². The summed E-state index contributed by atoms with van der Waals surface area (Å²) in [6, 6.07) is 4.14. The second kappa shape index (κ2) is 5.26. The number of halogens is 1. The second-order valence-corrected chi connectivity index (χ2v) is 8.40. The summed E-state index contributed by atoms with van der Waals surface area (Å²) in [5.41, 5.74) is 0.443. The topological polar surface area (TPSA) is 80.5 Å². The minimum Gasteiger partial charge on any atom is -0.338 e. The molecular formula is C14H19ClN2O3S. The highest BCUT2D eigenvalue weighted by Gasteiger charge is 2.38. The fraction of sp³-hybridized carbons (Fsp3) is 0.500. The fourth-order valence-electron chi connectivity index (χ4n) is 2.23. The van der Waals surface area contributed by atoms with E-state index in [1.807, 2.05) is 0 Å². The zero-order valence-corrected chi connectivity index (χ0v) is 13.8. The van der Waals surface area contributed by atoms with E-state index in [1.54, 1.807) is 4.90 Å². The van der Waals surface area contributed by atoms with Gasteiger partial charge >= 0.3 is 0 Å². The molecule has 1 aliphatic rings. The molecule has 1 aliphatic heterocycles. The first-order valence-electron chi connectivity index (χ1n) is 6.62. The van der Waals surface area contributed by atoms with Crippen molar-refractivity contribution in [2.45, 2.75) is 25.7 Å². The van der Waals surface area contributed by atoms with Gasteiger partial charge in [0, 0.05) is 18.7 Å². The highest BCUT2D eigenvalue weighted by Crippen LogP contribution is 2.34. The molecule has 0 bridgehead atoms. The highest BCUT2D eigenvalue weighted by atomic mass is 35.5. The van der Waals surface area contributed by atoms with Crippen molar-refractivity contribution >= 4 is 27.5 Å². The number of benzene rings is 1. The summed E-state index contributed by atoms with van der Waals surface area (Å²) in [6.07, 6.45) is 0. The molecule has 1 aromatic rings. The lowest BCUT2D eigenvalue weighted by Crippen LogP contribution is -2.54. The zero-order valence-electron chi connectivity index (χ0n) is 12.3. The van der Waals surface area contributed by atoms with Crippen molar-refractivity contribution in [3.63, 3.8) is 0 Å². The molecule has 21 heavy (non-hydrogen) atoms. The minimum atomic E-state index is -3.94. The van der Waals surface area contributed by atoms with Crippen LogP contribution in [0.4, 0.5) is 0 Å². The predicted octanol–water partition coefficient (Wildman–Crippen LogP) is 2.11. The van der Waals surface area contributed by atoms with Gasteiger partial charge in [0.1, 0.15) is 4.90 Å². The fourth-order valence-corrected chi connectivity index (χ4v) is 3.30. The molecule has 1 fully saturated rings. The van der Waals surface area contributed by atoms with Crippen molar-refractivity contribution < 1.29 is 13.2 Å². The lowest BCUT2D eigenvalue weighted by Gasteiger charge is -2.46. The van der Waals surface area contributed by atoms with Crippen LogP contribution in [0.5, 0.6) is 0 Å². The van der Waals surface area contributed by atoms with E-state index in [-0.39, 0.29) is 26.8 Å². The Kier molecular flexibility index (Phi) is 4.08. The van der Waals surface area contributed by atoms with Crippen LogP contribution < -0.4 is 5.14 Å². The molecule has 1 amide bonds. The van der Waals surface area contributed by atoms with Crippen molar-refractivity contribution in [1.82, 2.24) is 4.90 Å². The van der Waals surface area contributed by atoms with Gasteiger partial charge in [-0.2, -0.15) is 0 Å². The first-order chi connectivity index (χ1) is 9.50. The Balaban J connectivity index is 2.19. The molecule has 0 aliphatic carbocycles. The third kappa shape index (κ3) is 3.39. The minimum absolute atomic E-state index is 0.0187. The van der Waals surface area contributed by atoms with E-state index < -0.39 is 10.0 Å². The van der Waals surface area contributed by atoms with Crippen LogP contribution >= 0.6 is 11.6 Å². The standard InChI is InChI=1S/C14H19ClN2O3S/c1-14(2,3)10-7-17(8-10)13(18)9-4-5-11(15)12(6-9)21(16,19)20/h4-6,10H,7-8H2,1-3H3,(H2,16,19,20). The molecule has 1 heterocycles. The molecule has 0 radical (unpaired) electrons. The number of nitrogens with zero attached hydrogens (tertiary/aromatic N) is 1. The third-order valence-corrected chi connectivity index (χ3v) is 5.27. The predicted molar refractivity (Wildman–Crippen MR) is 81.7 cm³/mol. The molecule has 1 saturated heterocycles. The van der Waals surface area contributed by atoms with Crippen LogP contribution in [0.2, 0.25) is 5.02 Å². The Hall–Kier alpha value is -1.11. The van der Waals surface area contributed by atoms with E-state index in [9.17, 15) is 13.2 Å². The molecule has 0 spiro atoms. The van der Waals surface area contributed by atoms with Crippen LogP contribution in [0.3, 0.4) is 0 Å². The Morgan fingerprint density at radius 1 is 1.33 bits per heavy atom. The van der Waals surface area contributed by atoms with Gasteiger partial charge in [0.15, 0.2) is 0 Å². The highest BCUT2D eigenvalue weighted by molar-refractivity contribution is 7.89. The Morgan fingerprint density at radius 2 is 1.90 bits per heavy atom. The van der Waals surface area contributed by atoms with E-state index in [2.05, 4.69) is 20.8 Å². The molecule has 5 nitrogen and oxygen atoms in total. The number of amides is 1. The van der Waals surface area contributed by atoms with Gasteiger partial charge < -0.3 is 4.90 Å². The van der Waals surface area contributed by atoms with Gasteiger partial charge in [0.05, 0.1) is 5.02 Å². The molecule has 0 unspecified atom stereocenters. The van der Waals surface area contributed by atoms with Crippen molar-refractivity contribution in [2.24, 2.45) is 16.5 Å². The first kappa shape index (κ1) is 16.3. The number of carbonyl (C=O) groups is 1. The first-order valence-corrected chi connectivity index (χ1v) is 8.54. The zero-order chi connectivity index (χ0) is 16.0. The number of nitrogens with two attached hydrogens (primary N) is 1. The molecule has 0 saturated carbocycles. The molecule has 0 aromatic heterocycles. The van der Waals surface area contributed by atoms with Crippen molar-refractivity contribution in [3.8, 4) is 0 Å². The molecule has 116 valence electrons. The quantitative estimate of drug-likeness (QED) is 0.901. The Morgan fingerprint density at radius 3 is 2.38 bits per heavy atom. The summed E-state index contributed by atoms with van der Waals surface area (Å²) in [6.45, 7) is 7.77. The van der Waals surface area contributed by atoms with Gasteiger partial charge in [-0.15, -0.1) is 0 Å².